The molecule has 0 atom stereocenters. The molecule has 1 fully saturated rings. The summed E-state index contributed by atoms with van der Waals surface area (Å²) >= 11 is 1.45. The minimum absolute atomic E-state index is 0.333. The van der Waals surface area contributed by atoms with Gasteiger partial charge in [0, 0.05) is 17.8 Å². The topological polar surface area (TPSA) is 41.1 Å². The molecule has 8 heteroatoms. The first kappa shape index (κ1) is 20.9. The number of alkyl halides is 3. The molecule has 2 aromatic heterocycles. The molecule has 32 heavy (non-hydrogen) atoms. The number of halogens is 3. The third-order valence-corrected chi connectivity index (χ3v) is 6.48. The molecule has 4 aromatic rings. The Morgan fingerprint density at radius 3 is 2.50 bits per heavy atom. The lowest BCUT2D eigenvalue weighted by Gasteiger charge is -2.15. The predicted molar refractivity (Wildman–Crippen MR) is 122 cm³/mol. The van der Waals surface area contributed by atoms with Gasteiger partial charge in [0.15, 0.2) is 11.6 Å². The van der Waals surface area contributed by atoms with E-state index in [9.17, 15) is 13.2 Å². The maximum Gasteiger partial charge on any atom is 0.416 e. The number of benzene rings is 2. The molecule has 0 saturated carbocycles. The van der Waals surface area contributed by atoms with Gasteiger partial charge in [0.1, 0.15) is 0 Å². The number of hydrogen-bond acceptors (Lipinski definition) is 5. The first-order valence-electron chi connectivity index (χ1n) is 10.5. The van der Waals surface area contributed by atoms with Crippen molar-refractivity contribution < 1.29 is 13.2 Å². The summed E-state index contributed by atoms with van der Waals surface area (Å²) in [6, 6.07) is 15.2. The Balaban J connectivity index is 1.44. The summed E-state index contributed by atoms with van der Waals surface area (Å²) in [5.41, 5.74) is 2.51. The minimum atomic E-state index is -4.40. The lowest BCUT2D eigenvalue weighted by atomic mass is 10.1. The molecule has 0 radical (unpaired) electrons. The van der Waals surface area contributed by atoms with E-state index in [1.54, 1.807) is 6.07 Å². The van der Waals surface area contributed by atoms with E-state index in [-0.39, 0.29) is 0 Å². The lowest BCUT2D eigenvalue weighted by molar-refractivity contribution is -0.137. The van der Waals surface area contributed by atoms with Crippen molar-refractivity contribution in [3.8, 4) is 11.4 Å². The maximum atomic E-state index is 13.1. The van der Waals surface area contributed by atoms with E-state index in [0.717, 1.165) is 47.5 Å². The molecule has 0 bridgehead atoms. The SMILES string of the molecule is FC(F)(F)c1cccc(Nc2nc(-c3ccc(CN4CCCC4)cc3)nc3ccsc23)c1. The number of nitrogens with zero attached hydrogens (tertiary/aromatic N) is 3. The quantitative estimate of drug-likeness (QED) is 0.364. The molecule has 1 N–H and O–H groups in total. The summed E-state index contributed by atoms with van der Waals surface area (Å²) in [6.45, 7) is 3.22. The van der Waals surface area contributed by atoms with Crippen molar-refractivity contribution in [2.24, 2.45) is 0 Å². The van der Waals surface area contributed by atoms with Crippen LogP contribution < -0.4 is 5.32 Å². The highest BCUT2D eigenvalue weighted by molar-refractivity contribution is 7.17. The van der Waals surface area contributed by atoms with Gasteiger partial charge >= 0.3 is 6.18 Å². The molecule has 4 nitrogen and oxygen atoms in total. The number of nitrogens with one attached hydrogen (secondary N) is 1. The van der Waals surface area contributed by atoms with Crippen molar-refractivity contribution in [3.05, 3.63) is 71.1 Å². The van der Waals surface area contributed by atoms with E-state index >= 15 is 0 Å². The Labute approximate surface area is 187 Å². The van der Waals surface area contributed by atoms with Crippen molar-refractivity contribution in [1.82, 2.24) is 14.9 Å². The van der Waals surface area contributed by atoms with Crippen LogP contribution in [0.1, 0.15) is 24.0 Å². The monoisotopic (exact) mass is 454 g/mol. The van der Waals surface area contributed by atoms with Crippen molar-refractivity contribution in [1.29, 1.82) is 0 Å². The Morgan fingerprint density at radius 2 is 1.75 bits per heavy atom. The van der Waals surface area contributed by atoms with Gasteiger partial charge in [0.2, 0.25) is 0 Å². The van der Waals surface area contributed by atoms with Gasteiger partial charge < -0.3 is 5.32 Å². The van der Waals surface area contributed by atoms with Crippen molar-refractivity contribution in [2.45, 2.75) is 25.6 Å². The summed E-state index contributed by atoms with van der Waals surface area (Å²) < 4.78 is 40.1. The highest BCUT2D eigenvalue weighted by Gasteiger charge is 2.30. The number of fused-ring (bicyclic) bond motifs is 1. The lowest BCUT2D eigenvalue weighted by Crippen LogP contribution is -2.18. The van der Waals surface area contributed by atoms with Gasteiger partial charge in [-0.25, -0.2) is 9.97 Å². The van der Waals surface area contributed by atoms with Crippen LogP contribution in [0, 0.1) is 0 Å². The molecule has 1 aliphatic heterocycles. The molecular formula is C24H21F3N4S. The van der Waals surface area contributed by atoms with Gasteiger partial charge in [0.25, 0.3) is 0 Å². The summed E-state index contributed by atoms with van der Waals surface area (Å²) in [5, 5.41) is 4.97. The molecule has 1 saturated heterocycles. The molecule has 5 rings (SSSR count). The normalized spacial score (nSPS) is 14.8. The van der Waals surface area contributed by atoms with E-state index < -0.39 is 11.7 Å². The smallest absolute Gasteiger partial charge is 0.339 e. The molecule has 2 aromatic carbocycles. The van der Waals surface area contributed by atoms with Crippen LogP contribution in [0.25, 0.3) is 21.6 Å². The Kier molecular flexibility index (Phi) is 5.57. The molecule has 3 heterocycles. The van der Waals surface area contributed by atoms with Crippen LogP contribution in [0.2, 0.25) is 0 Å². The summed E-state index contributed by atoms with van der Waals surface area (Å²) in [5.74, 6) is 1.04. The zero-order chi connectivity index (χ0) is 22.1. The van der Waals surface area contributed by atoms with Crippen LogP contribution in [0.15, 0.2) is 60.0 Å². The first-order valence-corrected chi connectivity index (χ1v) is 11.3. The zero-order valence-electron chi connectivity index (χ0n) is 17.2. The maximum absolute atomic E-state index is 13.1. The second-order valence-corrected chi connectivity index (χ2v) is 8.83. The first-order chi connectivity index (χ1) is 15.5. The molecule has 164 valence electrons. The molecule has 0 aliphatic carbocycles. The average Bonchev–Trinajstić information content (AvgIpc) is 3.46. The van der Waals surface area contributed by atoms with Gasteiger partial charge in [-0.15, -0.1) is 11.3 Å². The van der Waals surface area contributed by atoms with Gasteiger partial charge in [0.05, 0.1) is 15.8 Å². The van der Waals surface area contributed by atoms with E-state index in [0.29, 0.717) is 17.3 Å². The van der Waals surface area contributed by atoms with Gasteiger partial charge in [-0.3, -0.25) is 4.90 Å². The second kappa shape index (κ2) is 8.52. The zero-order valence-corrected chi connectivity index (χ0v) is 18.0. The fraction of sp³-hybridized carbons (Fsp3) is 0.250. The third-order valence-electron chi connectivity index (χ3n) is 5.57. The highest BCUT2D eigenvalue weighted by atomic mass is 32.1. The Morgan fingerprint density at radius 1 is 0.969 bits per heavy atom. The standard InChI is InChI=1S/C24H21F3N4S/c25-24(26,27)18-4-3-5-19(14-18)28-23-21-20(10-13-32-21)29-22(30-23)17-8-6-16(7-9-17)15-31-11-1-2-12-31/h3-10,13-14H,1-2,11-12,15H2,(H,28,29,30). The van der Waals surface area contributed by atoms with Crippen molar-refractivity contribution in [2.75, 3.05) is 18.4 Å². The van der Waals surface area contributed by atoms with Crippen LogP contribution in [-0.2, 0) is 12.7 Å². The number of rotatable bonds is 5. The van der Waals surface area contributed by atoms with Crippen molar-refractivity contribution >= 4 is 33.1 Å². The molecule has 0 spiro atoms. The molecular weight excluding hydrogens is 433 g/mol. The number of hydrogen-bond donors (Lipinski definition) is 1. The van der Waals surface area contributed by atoms with Crippen LogP contribution in [0.5, 0.6) is 0 Å². The fourth-order valence-electron chi connectivity index (χ4n) is 3.95. The van der Waals surface area contributed by atoms with Crippen LogP contribution in [0.3, 0.4) is 0 Å². The third kappa shape index (κ3) is 4.47. The second-order valence-electron chi connectivity index (χ2n) is 7.91. The molecule has 1 aliphatic rings. The van der Waals surface area contributed by atoms with Crippen LogP contribution in [-0.4, -0.2) is 28.0 Å². The summed E-state index contributed by atoms with van der Waals surface area (Å²) in [4.78, 5) is 11.8. The summed E-state index contributed by atoms with van der Waals surface area (Å²) in [7, 11) is 0. The average molecular weight is 455 g/mol. The predicted octanol–water partition coefficient (Wildman–Crippen LogP) is 6.72. The van der Waals surface area contributed by atoms with Gasteiger partial charge in [-0.2, -0.15) is 13.2 Å². The van der Waals surface area contributed by atoms with Gasteiger partial charge in [-0.1, -0.05) is 30.3 Å². The Bertz CT molecular complexity index is 1230. The van der Waals surface area contributed by atoms with E-state index in [4.69, 9.17) is 0 Å². The number of likely N-dealkylation sites (tertiary alicyclic amines) is 1. The number of anilines is 2. The molecule has 0 unspecified atom stereocenters. The Hall–Kier alpha value is -2.97. The largest absolute Gasteiger partial charge is 0.416 e. The van der Waals surface area contributed by atoms with Crippen LogP contribution >= 0.6 is 11.3 Å². The van der Waals surface area contributed by atoms with Gasteiger partial charge in [-0.05, 0) is 61.1 Å². The van der Waals surface area contributed by atoms with E-state index in [1.165, 1.54) is 35.8 Å². The minimum Gasteiger partial charge on any atom is -0.339 e. The highest BCUT2D eigenvalue weighted by Crippen LogP contribution is 2.34. The van der Waals surface area contributed by atoms with Crippen LogP contribution in [0.4, 0.5) is 24.7 Å². The summed E-state index contributed by atoms with van der Waals surface area (Å²) in [6.07, 6.45) is -1.88. The van der Waals surface area contributed by atoms with Crippen molar-refractivity contribution in [3.63, 3.8) is 0 Å². The fourth-order valence-corrected chi connectivity index (χ4v) is 4.72. The van der Waals surface area contributed by atoms with E-state index in [1.807, 2.05) is 23.6 Å². The van der Waals surface area contributed by atoms with E-state index in [2.05, 4.69) is 32.3 Å². The number of aromatic nitrogens is 2. The number of thiophene rings is 1. The molecule has 0 amide bonds.